The molecule has 0 aliphatic heterocycles. The summed E-state index contributed by atoms with van der Waals surface area (Å²) in [7, 11) is 2.56. The van der Waals surface area contributed by atoms with Gasteiger partial charge in [-0.25, -0.2) is 0 Å². The third-order valence-electron chi connectivity index (χ3n) is 7.09. The third-order valence-corrected chi connectivity index (χ3v) is 7.97. The maximum absolute atomic E-state index is 13.6. The maximum Gasteiger partial charge on any atom is 0.324 e. The van der Waals surface area contributed by atoms with Crippen molar-refractivity contribution in [3.8, 4) is 11.5 Å². The van der Waals surface area contributed by atoms with Crippen LogP contribution in [0.3, 0.4) is 0 Å². The van der Waals surface area contributed by atoms with E-state index in [-0.39, 0.29) is 42.1 Å². The van der Waals surface area contributed by atoms with Crippen molar-refractivity contribution in [2.45, 2.75) is 123 Å². The van der Waals surface area contributed by atoms with Gasteiger partial charge in [0.1, 0.15) is 17.1 Å². The highest BCUT2D eigenvalue weighted by atomic mass is 31.1. The van der Waals surface area contributed by atoms with E-state index in [0.29, 0.717) is 11.5 Å². The summed E-state index contributed by atoms with van der Waals surface area (Å²) in [4.78, 5) is 27.1. The smallest absolute Gasteiger partial charge is 0.324 e. The number of carbonyl (C=O) groups excluding carboxylic acids is 2. The van der Waals surface area contributed by atoms with Crippen LogP contribution in [0.1, 0.15) is 128 Å². The van der Waals surface area contributed by atoms with Gasteiger partial charge >= 0.3 is 5.97 Å². The monoisotopic (exact) mass is 564 g/mol. The molecule has 0 N–H and O–H groups in total. The minimum absolute atomic E-state index is 0.0285. The number of rotatable bonds is 21. The molecule has 0 bridgehead atoms. The average molecular weight is 565 g/mol. The fraction of sp³-hybridized carbons (Fsp3) is 0.750. The van der Waals surface area contributed by atoms with Gasteiger partial charge < -0.3 is 14.2 Å². The molecule has 0 amide bonds. The van der Waals surface area contributed by atoms with Gasteiger partial charge in [-0.1, -0.05) is 98.5 Å². The van der Waals surface area contributed by atoms with Crippen LogP contribution in [0.5, 0.6) is 11.5 Å². The Morgan fingerprint density at radius 3 is 1.82 bits per heavy atom. The van der Waals surface area contributed by atoms with E-state index in [1.807, 2.05) is 6.92 Å². The number of carbonyl (C=O) groups is 2. The highest BCUT2D eigenvalue weighted by Gasteiger charge is 2.45. The Labute approximate surface area is 239 Å². The van der Waals surface area contributed by atoms with E-state index in [4.69, 9.17) is 14.2 Å². The van der Waals surface area contributed by atoms with Crippen molar-refractivity contribution >= 4 is 20.2 Å². The van der Waals surface area contributed by atoms with Gasteiger partial charge in [-0.2, -0.15) is 0 Å². The van der Waals surface area contributed by atoms with Gasteiger partial charge in [0.25, 0.3) is 0 Å². The van der Waals surface area contributed by atoms with Crippen molar-refractivity contribution in [1.82, 2.24) is 0 Å². The van der Waals surface area contributed by atoms with Crippen LogP contribution in [-0.4, -0.2) is 37.7 Å². The highest BCUT2D eigenvalue weighted by molar-refractivity contribution is 7.28. The predicted molar refractivity (Wildman–Crippen MR) is 159 cm³/mol. The van der Waals surface area contributed by atoms with E-state index in [2.05, 4.69) is 27.7 Å². The molecule has 0 spiro atoms. The predicted octanol–water partition coefficient (Wildman–Crippen LogP) is 9.23. The Bertz CT molecular complexity index is 856. The molecule has 1 aromatic rings. The lowest BCUT2D eigenvalue weighted by Crippen LogP contribution is -2.39. The van der Waals surface area contributed by atoms with Crippen molar-refractivity contribution in [2.75, 3.05) is 20.8 Å². The summed E-state index contributed by atoms with van der Waals surface area (Å²) in [6, 6.07) is 5.09. The minimum atomic E-state index is -1.47. The lowest BCUT2D eigenvalue weighted by atomic mass is 9.80. The standard InChI is InChI=1S/C32H53O6P/c1-8-9-10-11-12-13-14-15-16-17-21-38-30(34)32(39-35,23-25(2)22-31(3,4)5)24-26(33)29-27(36-6)19-18-20-28(29)37-7/h18-20,25H,8-17,21-24H2,1-7H3. The fourth-order valence-corrected chi connectivity index (χ4v) is 6.13. The summed E-state index contributed by atoms with van der Waals surface area (Å²) in [5.74, 6) is -0.150. The van der Waals surface area contributed by atoms with Crippen molar-refractivity contribution in [2.24, 2.45) is 11.3 Å². The van der Waals surface area contributed by atoms with Crippen LogP contribution >= 0.6 is 8.46 Å². The molecule has 2 atom stereocenters. The Morgan fingerprint density at radius 1 is 0.846 bits per heavy atom. The maximum atomic E-state index is 13.6. The molecule has 0 aliphatic rings. The zero-order valence-electron chi connectivity index (χ0n) is 25.6. The molecule has 0 aromatic heterocycles. The highest BCUT2D eigenvalue weighted by Crippen LogP contribution is 2.42. The van der Waals surface area contributed by atoms with Crippen LogP contribution in [-0.2, 0) is 14.1 Å². The van der Waals surface area contributed by atoms with Crippen LogP contribution in [0.4, 0.5) is 0 Å². The quantitative estimate of drug-likeness (QED) is 0.0641. The Kier molecular flexibility index (Phi) is 16.6. The second kappa shape index (κ2) is 18.4. The Hall–Kier alpha value is -1.94. The van der Waals surface area contributed by atoms with Gasteiger partial charge in [0.05, 0.1) is 20.8 Å². The molecule has 1 rings (SSSR count). The SMILES string of the molecule is CCCCCCCCCCCCOC(=O)C(CC(=O)c1c(OC)cccc1OC)(CC(C)CC(C)(C)C)P=O. The average Bonchev–Trinajstić information content (AvgIpc) is 2.89. The van der Waals surface area contributed by atoms with Crippen molar-refractivity contribution < 1.29 is 28.4 Å². The fourth-order valence-electron chi connectivity index (χ4n) is 5.40. The van der Waals surface area contributed by atoms with Crippen LogP contribution in [0.25, 0.3) is 0 Å². The number of hydrogen-bond donors (Lipinski definition) is 0. The van der Waals surface area contributed by atoms with Crippen LogP contribution < -0.4 is 9.47 Å². The topological polar surface area (TPSA) is 78.9 Å². The first-order valence-corrected chi connectivity index (χ1v) is 15.6. The third kappa shape index (κ3) is 12.8. The number of Topliss-reactive ketones (excluding diaryl/α,β-unsaturated/α-hetero) is 1. The molecule has 0 heterocycles. The van der Waals surface area contributed by atoms with Gasteiger partial charge in [-0.3, -0.25) is 14.2 Å². The number of hydrogen-bond acceptors (Lipinski definition) is 6. The summed E-state index contributed by atoms with van der Waals surface area (Å²) < 4.78 is 29.2. The first-order chi connectivity index (χ1) is 18.5. The van der Waals surface area contributed by atoms with Crippen molar-refractivity contribution in [1.29, 1.82) is 0 Å². The Morgan fingerprint density at radius 2 is 1.36 bits per heavy atom. The normalized spacial score (nSPS) is 14.0. The van der Waals surface area contributed by atoms with Gasteiger partial charge in [0, 0.05) is 6.42 Å². The first-order valence-electron chi connectivity index (χ1n) is 14.8. The van der Waals surface area contributed by atoms with Crippen molar-refractivity contribution in [3.63, 3.8) is 0 Å². The van der Waals surface area contributed by atoms with E-state index in [1.165, 1.54) is 59.2 Å². The molecular weight excluding hydrogens is 511 g/mol. The van der Waals surface area contributed by atoms with E-state index >= 15 is 0 Å². The molecule has 0 aliphatic carbocycles. The molecule has 1 aromatic carbocycles. The van der Waals surface area contributed by atoms with Gasteiger partial charge in [-0.05, 0) is 42.7 Å². The summed E-state index contributed by atoms with van der Waals surface area (Å²) >= 11 is 0. The summed E-state index contributed by atoms with van der Waals surface area (Å²) in [6.45, 7) is 10.9. The summed E-state index contributed by atoms with van der Waals surface area (Å²) in [5, 5.41) is -1.47. The van der Waals surface area contributed by atoms with Gasteiger partial charge in [-0.15, -0.1) is 0 Å². The number of benzene rings is 1. The van der Waals surface area contributed by atoms with E-state index in [9.17, 15) is 14.2 Å². The molecule has 0 saturated carbocycles. The zero-order valence-corrected chi connectivity index (χ0v) is 26.5. The van der Waals surface area contributed by atoms with E-state index in [1.54, 1.807) is 18.2 Å². The van der Waals surface area contributed by atoms with E-state index in [0.717, 1.165) is 25.7 Å². The molecule has 2 unspecified atom stereocenters. The number of unbranched alkanes of at least 4 members (excludes halogenated alkanes) is 9. The summed E-state index contributed by atoms with van der Waals surface area (Å²) in [5.41, 5.74) is 0.280. The molecule has 222 valence electrons. The summed E-state index contributed by atoms with van der Waals surface area (Å²) in [6.07, 6.45) is 12.7. The van der Waals surface area contributed by atoms with Gasteiger partial charge in [0.2, 0.25) is 0 Å². The molecule has 0 fully saturated rings. The zero-order chi connectivity index (χ0) is 29.3. The number of ketones is 1. The largest absolute Gasteiger partial charge is 0.496 e. The minimum Gasteiger partial charge on any atom is -0.496 e. The second-order valence-electron chi connectivity index (χ2n) is 12.2. The lowest BCUT2D eigenvalue weighted by molar-refractivity contribution is -0.147. The van der Waals surface area contributed by atoms with E-state index < -0.39 is 19.6 Å². The molecular formula is C32H53O6P. The van der Waals surface area contributed by atoms with Crippen molar-refractivity contribution in [3.05, 3.63) is 23.8 Å². The number of methoxy groups -OCH3 is 2. The second-order valence-corrected chi connectivity index (χ2v) is 13.2. The molecule has 6 nitrogen and oxygen atoms in total. The number of esters is 1. The lowest BCUT2D eigenvalue weighted by Gasteiger charge is -2.30. The van der Waals surface area contributed by atoms with Crippen LogP contribution in [0.15, 0.2) is 18.2 Å². The number of ether oxygens (including phenoxy) is 3. The molecule has 39 heavy (non-hydrogen) atoms. The molecule has 0 saturated heterocycles. The van der Waals surface area contributed by atoms with Crippen LogP contribution in [0.2, 0.25) is 0 Å². The van der Waals surface area contributed by atoms with Crippen LogP contribution in [0, 0.1) is 11.3 Å². The van der Waals surface area contributed by atoms with Gasteiger partial charge in [0.15, 0.2) is 19.4 Å². The first kappa shape index (κ1) is 35.1. The Balaban J connectivity index is 2.89. The molecule has 0 radical (unpaired) electrons. The molecule has 7 heteroatoms.